The standard InChI is InChI=1S/C22H23N3O2/c1-24(15-16-8-2-5-11-20(16)25-12-6-7-13-25)22(27)18-14-23-19-10-4-3-9-17(19)21(18)26/h2-5,8-11,14H,6-7,12-13,15H2,1H3,(H,23,26). The Hall–Kier alpha value is -3.08. The fourth-order valence-electron chi connectivity index (χ4n) is 3.77. The summed E-state index contributed by atoms with van der Waals surface area (Å²) in [6.45, 7) is 2.58. The van der Waals surface area contributed by atoms with E-state index in [0.717, 1.165) is 24.2 Å². The maximum absolute atomic E-state index is 12.9. The number of amides is 1. The van der Waals surface area contributed by atoms with Crippen molar-refractivity contribution in [3.05, 3.63) is 76.1 Å². The maximum Gasteiger partial charge on any atom is 0.259 e. The fraction of sp³-hybridized carbons (Fsp3) is 0.273. The van der Waals surface area contributed by atoms with Crippen LogP contribution >= 0.6 is 0 Å². The molecule has 4 rings (SSSR count). The van der Waals surface area contributed by atoms with E-state index in [9.17, 15) is 9.59 Å². The first-order chi connectivity index (χ1) is 13.1. The number of para-hydroxylation sites is 2. The summed E-state index contributed by atoms with van der Waals surface area (Å²) < 4.78 is 0. The number of hydrogen-bond acceptors (Lipinski definition) is 3. The molecule has 0 radical (unpaired) electrons. The number of H-pyrrole nitrogens is 1. The smallest absolute Gasteiger partial charge is 0.259 e. The summed E-state index contributed by atoms with van der Waals surface area (Å²) in [5, 5.41) is 0.536. The highest BCUT2D eigenvalue weighted by atomic mass is 16.2. The number of pyridine rings is 1. The van der Waals surface area contributed by atoms with Crippen LogP contribution in [-0.4, -0.2) is 35.9 Å². The Morgan fingerprint density at radius 2 is 1.78 bits per heavy atom. The van der Waals surface area contributed by atoms with Crippen molar-refractivity contribution in [3.8, 4) is 0 Å². The normalized spacial score (nSPS) is 13.9. The van der Waals surface area contributed by atoms with Crippen LogP contribution in [0.3, 0.4) is 0 Å². The van der Waals surface area contributed by atoms with E-state index in [4.69, 9.17) is 0 Å². The molecule has 1 amide bonds. The van der Waals surface area contributed by atoms with E-state index in [1.165, 1.54) is 24.7 Å². The van der Waals surface area contributed by atoms with Crippen LogP contribution in [0.4, 0.5) is 5.69 Å². The van der Waals surface area contributed by atoms with Crippen LogP contribution in [0.5, 0.6) is 0 Å². The highest BCUT2D eigenvalue weighted by Crippen LogP contribution is 2.25. The lowest BCUT2D eigenvalue weighted by Gasteiger charge is -2.24. The molecule has 1 N–H and O–H groups in total. The summed E-state index contributed by atoms with van der Waals surface area (Å²) >= 11 is 0. The summed E-state index contributed by atoms with van der Waals surface area (Å²) in [6.07, 6.45) is 3.93. The number of carbonyl (C=O) groups excluding carboxylic acids is 1. The summed E-state index contributed by atoms with van der Waals surface area (Å²) in [5.41, 5.74) is 2.97. The molecule has 5 heteroatoms. The Labute approximate surface area is 158 Å². The predicted octanol–water partition coefficient (Wildman–Crippen LogP) is 3.40. The second-order valence-corrected chi connectivity index (χ2v) is 7.06. The zero-order valence-corrected chi connectivity index (χ0v) is 15.4. The van der Waals surface area contributed by atoms with Gasteiger partial charge in [0.2, 0.25) is 5.43 Å². The summed E-state index contributed by atoms with van der Waals surface area (Å²) in [4.78, 5) is 32.7. The van der Waals surface area contributed by atoms with Gasteiger partial charge in [-0.3, -0.25) is 9.59 Å². The molecule has 0 atom stereocenters. The number of carbonyl (C=O) groups is 1. The van der Waals surface area contributed by atoms with E-state index in [0.29, 0.717) is 11.9 Å². The molecule has 27 heavy (non-hydrogen) atoms. The number of hydrogen-bond donors (Lipinski definition) is 1. The van der Waals surface area contributed by atoms with E-state index in [-0.39, 0.29) is 16.9 Å². The molecule has 5 nitrogen and oxygen atoms in total. The van der Waals surface area contributed by atoms with Crippen LogP contribution < -0.4 is 10.3 Å². The minimum Gasteiger partial charge on any atom is -0.371 e. The quantitative estimate of drug-likeness (QED) is 0.775. The van der Waals surface area contributed by atoms with Gasteiger partial charge in [0.15, 0.2) is 0 Å². The van der Waals surface area contributed by atoms with Gasteiger partial charge >= 0.3 is 0 Å². The predicted molar refractivity (Wildman–Crippen MR) is 108 cm³/mol. The molecule has 2 heterocycles. The number of anilines is 1. The van der Waals surface area contributed by atoms with Crippen molar-refractivity contribution >= 4 is 22.5 Å². The van der Waals surface area contributed by atoms with Crippen LogP contribution in [0.25, 0.3) is 10.9 Å². The lowest BCUT2D eigenvalue weighted by atomic mass is 10.1. The van der Waals surface area contributed by atoms with Crippen molar-refractivity contribution in [1.29, 1.82) is 0 Å². The van der Waals surface area contributed by atoms with Gasteiger partial charge in [-0.25, -0.2) is 0 Å². The minimum atomic E-state index is -0.266. The minimum absolute atomic E-state index is 0.176. The van der Waals surface area contributed by atoms with Gasteiger partial charge in [0.05, 0.1) is 0 Å². The third-order valence-electron chi connectivity index (χ3n) is 5.21. The number of aromatic nitrogens is 1. The van der Waals surface area contributed by atoms with Gasteiger partial charge in [0, 0.05) is 49.5 Å². The zero-order chi connectivity index (χ0) is 18.8. The monoisotopic (exact) mass is 361 g/mol. The number of aromatic amines is 1. The van der Waals surface area contributed by atoms with Crippen LogP contribution in [0.2, 0.25) is 0 Å². The lowest BCUT2D eigenvalue weighted by Crippen LogP contribution is -2.31. The van der Waals surface area contributed by atoms with E-state index in [2.05, 4.69) is 22.0 Å². The van der Waals surface area contributed by atoms with Crippen molar-refractivity contribution < 1.29 is 4.79 Å². The Kier molecular flexibility index (Phi) is 4.67. The van der Waals surface area contributed by atoms with Gasteiger partial charge in [-0.15, -0.1) is 0 Å². The number of benzene rings is 2. The van der Waals surface area contributed by atoms with E-state index in [1.54, 1.807) is 18.0 Å². The maximum atomic E-state index is 12.9. The highest BCUT2D eigenvalue weighted by molar-refractivity contribution is 5.97. The zero-order valence-electron chi connectivity index (χ0n) is 15.4. The molecule has 2 aromatic carbocycles. The molecule has 0 spiro atoms. The van der Waals surface area contributed by atoms with E-state index >= 15 is 0 Å². The fourth-order valence-corrected chi connectivity index (χ4v) is 3.77. The molecule has 1 aliphatic heterocycles. The van der Waals surface area contributed by atoms with Gasteiger partial charge < -0.3 is 14.8 Å². The van der Waals surface area contributed by atoms with Crippen molar-refractivity contribution in [3.63, 3.8) is 0 Å². The average molecular weight is 361 g/mol. The van der Waals surface area contributed by atoms with Gasteiger partial charge in [-0.05, 0) is 36.6 Å². The number of nitrogens with one attached hydrogen (secondary N) is 1. The summed E-state index contributed by atoms with van der Waals surface area (Å²) in [7, 11) is 1.75. The second-order valence-electron chi connectivity index (χ2n) is 7.06. The van der Waals surface area contributed by atoms with Crippen LogP contribution in [0.1, 0.15) is 28.8 Å². The molecule has 1 aliphatic rings. The molecular formula is C22H23N3O2. The molecule has 3 aromatic rings. The number of nitrogens with zero attached hydrogens (tertiary/aromatic N) is 2. The molecule has 0 bridgehead atoms. The Morgan fingerprint density at radius 3 is 2.59 bits per heavy atom. The first-order valence-electron chi connectivity index (χ1n) is 9.34. The first-order valence-corrected chi connectivity index (χ1v) is 9.34. The van der Waals surface area contributed by atoms with Crippen molar-refractivity contribution in [2.24, 2.45) is 0 Å². The molecular weight excluding hydrogens is 338 g/mol. The van der Waals surface area contributed by atoms with Crippen LogP contribution in [-0.2, 0) is 6.54 Å². The molecule has 138 valence electrons. The Bertz CT molecular complexity index is 1030. The average Bonchev–Trinajstić information content (AvgIpc) is 3.23. The molecule has 1 aromatic heterocycles. The summed E-state index contributed by atoms with van der Waals surface area (Å²) in [5.74, 6) is -0.266. The Morgan fingerprint density at radius 1 is 1.07 bits per heavy atom. The van der Waals surface area contributed by atoms with Gasteiger partial charge in [0.25, 0.3) is 5.91 Å². The topological polar surface area (TPSA) is 56.4 Å². The highest BCUT2D eigenvalue weighted by Gasteiger charge is 2.20. The third-order valence-corrected chi connectivity index (χ3v) is 5.21. The molecule has 0 aliphatic carbocycles. The number of rotatable bonds is 4. The largest absolute Gasteiger partial charge is 0.371 e. The third kappa shape index (κ3) is 3.33. The molecule has 1 fully saturated rings. The van der Waals surface area contributed by atoms with Crippen LogP contribution in [0.15, 0.2) is 59.5 Å². The van der Waals surface area contributed by atoms with Gasteiger partial charge in [-0.1, -0.05) is 30.3 Å². The molecule has 0 saturated carbocycles. The number of fused-ring (bicyclic) bond motifs is 1. The lowest BCUT2D eigenvalue weighted by molar-refractivity contribution is 0.0784. The molecule has 1 saturated heterocycles. The second kappa shape index (κ2) is 7.27. The van der Waals surface area contributed by atoms with Crippen molar-refractivity contribution in [1.82, 2.24) is 9.88 Å². The summed E-state index contributed by atoms with van der Waals surface area (Å²) in [6, 6.07) is 15.4. The van der Waals surface area contributed by atoms with Crippen molar-refractivity contribution in [2.75, 3.05) is 25.0 Å². The molecule has 0 unspecified atom stereocenters. The first kappa shape index (κ1) is 17.3. The Balaban J connectivity index is 1.61. The SMILES string of the molecule is CN(Cc1ccccc1N1CCCC1)C(=O)c1c[nH]c2ccccc2c1=O. The van der Waals surface area contributed by atoms with E-state index in [1.807, 2.05) is 30.3 Å². The van der Waals surface area contributed by atoms with Gasteiger partial charge in [-0.2, -0.15) is 0 Å². The van der Waals surface area contributed by atoms with Gasteiger partial charge in [0.1, 0.15) is 5.56 Å². The van der Waals surface area contributed by atoms with Crippen molar-refractivity contribution in [2.45, 2.75) is 19.4 Å². The van der Waals surface area contributed by atoms with E-state index < -0.39 is 0 Å². The van der Waals surface area contributed by atoms with Crippen LogP contribution in [0, 0.1) is 0 Å².